The van der Waals surface area contributed by atoms with Crippen LogP contribution in [0.15, 0.2) is 18.2 Å². The van der Waals surface area contributed by atoms with Gasteiger partial charge in [0.2, 0.25) is 0 Å². The molecule has 0 aromatic heterocycles. The summed E-state index contributed by atoms with van der Waals surface area (Å²) in [5.41, 5.74) is -1.02. The molecule has 0 aliphatic carbocycles. The number of rotatable bonds is 2. The van der Waals surface area contributed by atoms with Crippen molar-refractivity contribution in [2.24, 2.45) is 0 Å². The van der Waals surface area contributed by atoms with Gasteiger partial charge in [-0.2, -0.15) is 13.2 Å². The van der Waals surface area contributed by atoms with Crippen LogP contribution in [0.1, 0.15) is 18.4 Å². The Morgan fingerprint density at radius 2 is 1.78 bits per heavy atom. The maximum absolute atomic E-state index is 13.1. The number of benzene rings is 1. The lowest BCUT2D eigenvalue weighted by Crippen LogP contribution is -2.34. The zero-order valence-electron chi connectivity index (χ0n) is 9.56. The van der Waals surface area contributed by atoms with Crippen LogP contribution in [-0.4, -0.2) is 19.2 Å². The second-order valence-electron chi connectivity index (χ2n) is 4.24. The van der Waals surface area contributed by atoms with Crippen molar-refractivity contribution >= 4 is 0 Å². The summed E-state index contributed by atoms with van der Waals surface area (Å²) in [6.07, 6.45) is -3.31. The van der Waals surface area contributed by atoms with Crippen molar-refractivity contribution in [1.29, 1.82) is 0 Å². The van der Waals surface area contributed by atoms with Crippen LogP contribution in [0.4, 0.5) is 17.6 Å². The molecular formula is C12H13F4NO. The average Bonchev–Trinajstić information content (AvgIpc) is 2.28. The van der Waals surface area contributed by atoms with Crippen LogP contribution in [-0.2, 0) is 6.18 Å². The maximum Gasteiger partial charge on any atom is 0.416 e. The first-order chi connectivity index (χ1) is 8.45. The molecule has 0 unspecified atom stereocenters. The van der Waals surface area contributed by atoms with Gasteiger partial charge in [-0.25, -0.2) is 4.39 Å². The number of hydrogen-bond donors (Lipinski definition) is 1. The van der Waals surface area contributed by atoms with E-state index in [-0.39, 0.29) is 11.9 Å². The Morgan fingerprint density at radius 1 is 1.11 bits per heavy atom. The number of piperidine rings is 1. The van der Waals surface area contributed by atoms with Gasteiger partial charge in [-0.1, -0.05) is 0 Å². The predicted molar refractivity (Wildman–Crippen MR) is 57.9 cm³/mol. The van der Waals surface area contributed by atoms with Gasteiger partial charge in [-0.05, 0) is 38.1 Å². The first-order valence-corrected chi connectivity index (χ1v) is 5.70. The zero-order chi connectivity index (χ0) is 13.2. The molecule has 100 valence electrons. The van der Waals surface area contributed by atoms with Gasteiger partial charge in [0.05, 0.1) is 5.56 Å². The van der Waals surface area contributed by atoms with E-state index in [4.69, 9.17) is 4.74 Å². The Kier molecular flexibility index (Phi) is 3.75. The second-order valence-corrected chi connectivity index (χ2v) is 4.24. The lowest BCUT2D eigenvalue weighted by Gasteiger charge is -2.24. The number of alkyl halides is 3. The Balaban J connectivity index is 2.14. The van der Waals surface area contributed by atoms with E-state index in [1.54, 1.807) is 0 Å². The van der Waals surface area contributed by atoms with E-state index < -0.39 is 17.6 Å². The number of halogens is 4. The number of nitrogens with one attached hydrogen (secondary N) is 1. The van der Waals surface area contributed by atoms with Crippen molar-refractivity contribution in [1.82, 2.24) is 5.32 Å². The molecular weight excluding hydrogens is 250 g/mol. The van der Waals surface area contributed by atoms with Gasteiger partial charge >= 0.3 is 6.18 Å². The molecule has 0 spiro atoms. The van der Waals surface area contributed by atoms with Gasteiger partial charge in [0, 0.05) is 6.07 Å². The first-order valence-electron chi connectivity index (χ1n) is 5.70. The van der Waals surface area contributed by atoms with Crippen LogP contribution < -0.4 is 10.1 Å². The van der Waals surface area contributed by atoms with E-state index >= 15 is 0 Å². The Morgan fingerprint density at radius 3 is 2.39 bits per heavy atom. The van der Waals surface area contributed by atoms with Crippen molar-refractivity contribution in [2.75, 3.05) is 13.1 Å². The first kappa shape index (κ1) is 13.1. The highest BCUT2D eigenvalue weighted by atomic mass is 19.4. The van der Waals surface area contributed by atoms with E-state index in [0.29, 0.717) is 18.9 Å². The fourth-order valence-corrected chi connectivity index (χ4v) is 1.90. The van der Waals surface area contributed by atoms with Crippen molar-refractivity contribution in [3.05, 3.63) is 29.6 Å². The van der Waals surface area contributed by atoms with Crippen LogP contribution >= 0.6 is 0 Å². The molecule has 2 rings (SSSR count). The summed E-state index contributed by atoms with van der Waals surface area (Å²) in [5, 5.41) is 3.11. The minimum Gasteiger partial charge on any atom is -0.490 e. The van der Waals surface area contributed by atoms with Crippen LogP contribution in [0.25, 0.3) is 0 Å². The van der Waals surface area contributed by atoms with E-state index in [1.807, 2.05) is 0 Å². The fourth-order valence-electron chi connectivity index (χ4n) is 1.90. The summed E-state index contributed by atoms with van der Waals surface area (Å²) < 4.78 is 56.0. The van der Waals surface area contributed by atoms with Crippen LogP contribution in [0.3, 0.4) is 0 Å². The molecule has 1 saturated heterocycles. The van der Waals surface area contributed by atoms with Gasteiger partial charge in [0.1, 0.15) is 17.7 Å². The summed E-state index contributed by atoms with van der Waals surface area (Å²) in [6.45, 7) is 1.51. The predicted octanol–water partition coefficient (Wildman–Crippen LogP) is 2.98. The van der Waals surface area contributed by atoms with E-state index in [9.17, 15) is 17.6 Å². The minimum atomic E-state index is -4.56. The van der Waals surface area contributed by atoms with Gasteiger partial charge in [-0.3, -0.25) is 0 Å². The minimum absolute atomic E-state index is 0.0609. The quantitative estimate of drug-likeness (QED) is 0.828. The van der Waals surface area contributed by atoms with Crippen molar-refractivity contribution < 1.29 is 22.3 Å². The van der Waals surface area contributed by atoms with Crippen LogP contribution in [0.2, 0.25) is 0 Å². The van der Waals surface area contributed by atoms with Gasteiger partial charge in [-0.15, -0.1) is 0 Å². The topological polar surface area (TPSA) is 21.3 Å². The molecule has 0 bridgehead atoms. The Hall–Kier alpha value is -1.30. The molecule has 1 N–H and O–H groups in total. The molecule has 1 aliphatic heterocycles. The monoisotopic (exact) mass is 263 g/mol. The van der Waals surface area contributed by atoms with Crippen molar-refractivity contribution in [2.45, 2.75) is 25.1 Å². The number of hydrogen-bond acceptors (Lipinski definition) is 2. The molecule has 1 fully saturated rings. The third-order valence-corrected chi connectivity index (χ3v) is 2.79. The van der Waals surface area contributed by atoms with E-state index in [1.165, 1.54) is 0 Å². The highest BCUT2D eigenvalue weighted by Gasteiger charge is 2.31. The zero-order valence-corrected chi connectivity index (χ0v) is 9.56. The molecule has 6 heteroatoms. The molecule has 1 aromatic carbocycles. The fraction of sp³-hybridized carbons (Fsp3) is 0.500. The van der Waals surface area contributed by atoms with Crippen molar-refractivity contribution in [3.63, 3.8) is 0 Å². The largest absolute Gasteiger partial charge is 0.490 e. The third kappa shape index (κ3) is 3.35. The molecule has 1 aliphatic rings. The van der Waals surface area contributed by atoms with Gasteiger partial charge in [0.25, 0.3) is 0 Å². The second kappa shape index (κ2) is 5.14. The summed E-state index contributed by atoms with van der Waals surface area (Å²) in [5.74, 6) is -0.997. The molecule has 0 saturated carbocycles. The Bertz CT molecular complexity index is 413. The molecule has 1 heterocycles. The smallest absolute Gasteiger partial charge is 0.416 e. The lowest BCUT2D eigenvalue weighted by molar-refractivity contribution is -0.137. The summed E-state index contributed by atoms with van der Waals surface area (Å²) in [7, 11) is 0. The third-order valence-electron chi connectivity index (χ3n) is 2.79. The standard InChI is InChI=1S/C12H13F4NO/c13-9-5-8(12(14,15)16)6-11(7-9)18-10-1-3-17-4-2-10/h5-7,10,17H,1-4H2. The molecule has 0 amide bonds. The van der Waals surface area contributed by atoms with Crippen LogP contribution in [0.5, 0.6) is 5.75 Å². The van der Waals surface area contributed by atoms with Crippen molar-refractivity contribution in [3.8, 4) is 5.75 Å². The molecule has 2 nitrogen and oxygen atoms in total. The summed E-state index contributed by atoms with van der Waals surface area (Å²) >= 11 is 0. The van der Waals surface area contributed by atoms with E-state index in [0.717, 1.165) is 25.2 Å². The average molecular weight is 263 g/mol. The maximum atomic E-state index is 13.1. The summed E-state index contributed by atoms with van der Waals surface area (Å²) in [4.78, 5) is 0. The number of ether oxygens (including phenoxy) is 1. The highest BCUT2D eigenvalue weighted by molar-refractivity contribution is 5.31. The Labute approximate surface area is 102 Å². The van der Waals surface area contributed by atoms with Crippen LogP contribution in [0, 0.1) is 5.82 Å². The molecule has 0 radical (unpaired) electrons. The molecule has 18 heavy (non-hydrogen) atoms. The van der Waals surface area contributed by atoms with Gasteiger partial charge in [0.15, 0.2) is 0 Å². The lowest BCUT2D eigenvalue weighted by atomic mass is 10.1. The highest BCUT2D eigenvalue weighted by Crippen LogP contribution is 2.32. The van der Waals surface area contributed by atoms with E-state index in [2.05, 4.69) is 5.32 Å². The normalized spacial score (nSPS) is 17.8. The summed E-state index contributed by atoms with van der Waals surface area (Å²) in [6, 6.07) is 2.29. The molecule has 0 atom stereocenters. The van der Waals surface area contributed by atoms with Gasteiger partial charge < -0.3 is 10.1 Å². The molecule has 1 aromatic rings. The SMILES string of the molecule is Fc1cc(OC2CCNCC2)cc(C(F)(F)F)c1.